The molecule has 1 aliphatic heterocycles. The average Bonchev–Trinajstić information content (AvgIpc) is 2.72. The van der Waals surface area contributed by atoms with Crippen molar-refractivity contribution >= 4 is 17.5 Å². The number of nitrogens with two attached hydrogens (primary N) is 1. The van der Waals surface area contributed by atoms with E-state index in [2.05, 4.69) is 30.2 Å². The number of hydrogen-bond donors (Lipinski definition) is 3. The molecule has 10 heteroatoms. The predicted octanol–water partition coefficient (Wildman–Crippen LogP) is 4.25. The third kappa shape index (κ3) is 5.93. The minimum Gasteiger partial charge on any atom is -0.405 e. The van der Waals surface area contributed by atoms with E-state index in [4.69, 9.17) is 5.73 Å². The highest BCUT2D eigenvalue weighted by molar-refractivity contribution is 5.61. The van der Waals surface area contributed by atoms with Crippen LogP contribution in [0.5, 0.6) is 5.75 Å². The maximum atomic E-state index is 12.6. The van der Waals surface area contributed by atoms with Gasteiger partial charge < -0.3 is 26.0 Å². The van der Waals surface area contributed by atoms with Crippen LogP contribution < -0.4 is 21.1 Å². The van der Waals surface area contributed by atoms with Crippen LogP contribution in [-0.4, -0.2) is 46.9 Å². The van der Waals surface area contributed by atoms with Crippen LogP contribution in [0.3, 0.4) is 0 Å². The minimum atomic E-state index is -4.75. The van der Waals surface area contributed by atoms with Crippen molar-refractivity contribution in [3.8, 4) is 5.75 Å². The molecule has 2 heterocycles. The number of ether oxygens (including phenoxy) is 1. The Labute approximate surface area is 185 Å². The molecule has 1 saturated heterocycles. The first kappa shape index (κ1) is 22.4. The fourth-order valence-electron chi connectivity index (χ4n) is 4.33. The van der Waals surface area contributed by atoms with Gasteiger partial charge in [-0.3, -0.25) is 0 Å². The van der Waals surface area contributed by atoms with Crippen molar-refractivity contribution in [3.05, 3.63) is 36.0 Å². The summed E-state index contributed by atoms with van der Waals surface area (Å²) >= 11 is 0. The normalized spacial score (nSPS) is 21.6. The van der Waals surface area contributed by atoms with Crippen molar-refractivity contribution in [1.82, 2.24) is 14.9 Å². The van der Waals surface area contributed by atoms with Crippen LogP contribution in [0.2, 0.25) is 0 Å². The lowest BCUT2D eigenvalue weighted by molar-refractivity contribution is -0.274. The summed E-state index contributed by atoms with van der Waals surface area (Å²) in [5.41, 5.74) is 6.81. The van der Waals surface area contributed by atoms with Gasteiger partial charge in [-0.1, -0.05) is 18.2 Å². The molecule has 0 unspecified atom stereocenters. The number of nitrogens with one attached hydrogen (secondary N) is 2. The Bertz CT molecular complexity index is 897. The predicted molar refractivity (Wildman–Crippen MR) is 117 cm³/mol. The van der Waals surface area contributed by atoms with Crippen molar-refractivity contribution in [2.45, 2.75) is 51.1 Å². The van der Waals surface area contributed by atoms with E-state index in [1.54, 1.807) is 12.1 Å². The van der Waals surface area contributed by atoms with Crippen LogP contribution >= 0.6 is 0 Å². The van der Waals surface area contributed by atoms with E-state index in [0.29, 0.717) is 23.0 Å². The van der Waals surface area contributed by atoms with Crippen LogP contribution in [-0.2, 0) is 6.54 Å². The quantitative estimate of drug-likeness (QED) is 0.554. The molecule has 7 nitrogen and oxygen atoms in total. The van der Waals surface area contributed by atoms with Gasteiger partial charge in [0.25, 0.3) is 0 Å². The molecule has 1 saturated carbocycles. The standard InChI is InChI=1S/C22H29F3N6O/c23-22(24,25)32-19-5-2-1-4-16(19)13-28-21-29-14-18(26)20(30-21)27-12-15-6-8-17(9-7-15)31-10-3-11-31/h1-2,4-5,14-15,17H,3,6-13,26H2,(H2,27,28,29,30)/t15-,17-. The molecule has 2 aromatic rings. The van der Waals surface area contributed by atoms with Crippen LogP contribution in [0.1, 0.15) is 37.7 Å². The molecule has 174 valence electrons. The van der Waals surface area contributed by atoms with Crippen molar-refractivity contribution in [1.29, 1.82) is 0 Å². The Balaban J connectivity index is 1.30. The Morgan fingerprint density at radius 2 is 1.84 bits per heavy atom. The number of benzene rings is 1. The lowest BCUT2D eigenvalue weighted by Crippen LogP contribution is -2.46. The Morgan fingerprint density at radius 1 is 1.09 bits per heavy atom. The molecule has 2 fully saturated rings. The number of anilines is 3. The number of halogens is 3. The minimum absolute atomic E-state index is 0.0795. The highest BCUT2D eigenvalue weighted by atomic mass is 19.4. The summed E-state index contributed by atoms with van der Waals surface area (Å²) in [6, 6.07) is 6.71. The maximum Gasteiger partial charge on any atom is 0.573 e. The highest BCUT2D eigenvalue weighted by Crippen LogP contribution is 2.31. The number of nitrogen functional groups attached to an aromatic ring is 1. The van der Waals surface area contributed by atoms with Gasteiger partial charge in [-0.2, -0.15) is 4.98 Å². The number of likely N-dealkylation sites (tertiary alicyclic amines) is 1. The lowest BCUT2D eigenvalue weighted by atomic mass is 9.84. The fraction of sp³-hybridized carbons (Fsp3) is 0.545. The summed E-state index contributed by atoms with van der Waals surface area (Å²) in [5.74, 6) is 1.14. The lowest BCUT2D eigenvalue weighted by Gasteiger charge is -2.42. The maximum absolute atomic E-state index is 12.6. The van der Waals surface area contributed by atoms with Crippen molar-refractivity contribution in [3.63, 3.8) is 0 Å². The van der Waals surface area contributed by atoms with E-state index >= 15 is 0 Å². The second-order valence-corrected chi connectivity index (χ2v) is 8.45. The van der Waals surface area contributed by atoms with Gasteiger partial charge in [-0.05, 0) is 57.2 Å². The smallest absolute Gasteiger partial charge is 0.405 e. The second kappa shape index (κ2) is 9.81. The first-order valence-electron chi connectivity index (χ1n) is 11.1. The van der Waals surface area contributed by atoms with E-state index in [-0.39, 0.29) is 18.2 Å². The van der Waals surface area contributed by atoms with E-state index < -0.39 is 6.36 Å². The van der Waals surface area contributed by atoms with Gasteiger partial charge in [0.1, 0.15) is 5.75 Å². The first-order chi connectivity index (χ1) is 15.4. The van der Waals surface area contributed by atoms with Gasteiger partial charge >= 0.3 is 6.36 Å². The molecule has 1 aromatic carbocycles. The molecular weight excluding hydrogens is 421 g/mol. The molecule has 0 spiro atoms. The van der Waals surface area contributed by atoms with Crippen molar-refractivity contribution < 1.29 is 17.9 Å². The van der Waals surface area contributed by atoms with E-state index in [1.807, 2.05) is 0 Å². The molecular formula is C22H29F3N6O. The molecule has 1 aliphatic carbocycles. The molecule has 2 aliphatic rings. The second-order valence-electron chi connectivity index (χ2n) is 8.45. The van der Waals surface area contributed by atoms with Gasteiger partial charge in [0, 0.05) is 24.7 Å². The van der Waals surface area contributed by atoms with Crippen molar-refractivity contribution in [2.75, 3.05) is 36.0 Å². The van der Waals surface area contributed by atoms with E-state index in [9.17, 15) is 13.2 Å². The summed E-state index contributed by atoms with van der Waals surface area (Å²) < 4.78 is 41.9. The fourth-order valence-corrected chi connectivity index (χ4v) is 4.33. The van der Waals surface area contributed by atoms with Crippen LogP contribution in [0.4, 0.5) is 30.6 Å². The molecule has 0 radical (unpaired) electrons. The third-order valence-corrected chi connectivity index (χ3v) is 6.23. The van der Waals surface area contributed by atoms with Crippen LogP contribution in [0, 0.1) is 5.92 Å². The van der Waals surface area contributed by atoms with Gasteiger partial charge in [-0.15, -0.1) is 13.2 Å². The number of nitrogens with zero attached hydrogens (tertiary/aromatic N) is 3. The molecule has 4 rings (SSSR count). The van der Waals surface area contributed by atoms with Crippen LogP contribution in [0.15, 0.2) is 30.5 Å². The van der Waals surface area contributed by atoms with E-state index in [1.165, 1.54) is 63.5 Å². The summed E-state index contributed by atoms with van der Waals surface area (Å²) in [7, 11) is 0. The Hall–Kier alpha value is -2.75. The van der Waals surface area contributed by atoms with Crippen molar-refractivity contribution in [2.24, 2.45) is 5.92 Å². The molecule has 4 N–H and O–H groups in total. The Kier molecular flexibility index (Phi) is 6.88. The number of rotatable bonds is 8. The Morgan fingerprint density at radius 3 is 2.53 bits per heavy atom. The van der Waals surface area contributed by atoms with Gasteiger partial charge in [0.2, 0.25) is 5.95 Å². The number of hydrogen-bond acceptors (Lipinski definition) is 7. The zero-order valence-corrected chi connectivity index (χ0v) is 17.9. The zero-order valence-electron chi connectivity index (χ0n) is 17.9. The molecule has 0 atom stereocenters. The molecule has 0 amide bonds. The molecule has 0 bridgehead atoms. The monoisotopic (exact) mass is 450 g/mol. The van der Waals surface area contributed by atoms with Crippen LogP contribution in [0.25, 0.3) is 0 Å². The first-order valence-corrected chi connectivity index (χ1v) is 11.1. The zero-order chi connectivity index (χ0) is 22.6. The number of aromatic nitrogens is 2. The van der Waals surface area contributed by atoms with E-state index in [0.717, 1.165) is 12.6 Å². The molecule has 32 heavy (non-hydrogen) atoms. The third-order valence-electron chi connectivity index (χ3n) is 6.23. The summed E-state index contributed by atoms with van der Waals surface area (Å²) in [4.78, 5) is 11.1. The number of para-hydroxylation sites is 1. The summed E-state index contributed by atoms with van der Waals surface area (Å²) in [6.45, 7) is 3.35. The summed E-state index contributed by atoms with van der Waals surface area (Å²) in [5, 5.41) is 6.29. The average molecular weight is 451 g/mol. The van der Waals surface area contributed by atoms with Gasteiger partial charge in [0.05, 0.1) is 11.9 Å². The SMILES string of the molecule is Nc1cnc(NCc2ccccc2OC(F)(F)F)nc1NC[C@H]1CC[C@H](N2CCC2)CC1. The number of alkyl halides is 3. The molecule has 1 aromatic heterocycles. The highest BCUT2D eigenvalue weighted by Gasteiger charge is 2.32. The van der Waals surface area contributed by atoms with Gasteiger partial charge in [-0.25, -0.2) is 4.98 Å². The largest absolute Gasteiger partial charge is 0.573 e. The topological polar surface area (TPSA) is 88.3 Å². The van der Waals surface area contributed by atoms with Gasteiger partial charge in [0.15, 0.2) is 5.82 Å². The summed E-state index contributed by atoms with van der Waals surface area (Å²) in [6.07, 6.45) is 2.90.